The Hall–Kier alpha value is -3.95. The van der Waals surface area contributed by atoms with Crippen LogP contribution in [0.1, 0.15) is 86.6 Å². The molecule has 0 radical (unpaired) electrons. The predicted octanol–water partition coefficient (Wildman–Crippen LogP) is 6.11. The maximum absolute atomic E-state index is 14.7. The fourth-order valence-electron chi connectivity index (χ4n) is 10.1. The van der Waals surface area contributed by atoms with Gasteiger partial charge in [0, 0.05) is 41.7 Å². The molecule has 3 saturated heterocycles. The number of carbonyl (C=O) groups is 3. The van der Waals surface area contributed by atoms with E-state index in [1.807, 2.05) is 83.1 Å². The topological polar surface area (TPSA) is 159 Å². The van der Waals surface area contributed by atoms with E-state index in [1.54, 1.807) is 32.1 Å². The zero-order chi connectivity index (χ0) is 43.7. The molecule has 330 valence electrons. The fraction of sp³-hybridized carbons (Fsp3) is 0.674. The van der Waals surface area contributed by atoms with Gasteiger partial charge in [0.25, 0.3) is 0 Å². The van der Waals surface area contributed by atoms with Gasteiger partial charge in [-0.2, -0.15) is 0 Å². The van der Waals surface area contributed by atoms with E-state index in [0.29, 0.717) is 38.8 Å². The molecule has 1 N–H and O–H groups in total. The van der Waals surface area contributed by atoms with Crippen molar-refractivity contribution < 1.29 is 47.9 Å². The second-order valence-electron chi connectivity index (χ2n) is 18.0. The molecule has 1 amide bonds. The number of esters is 1. The van der Waals surface area contributed by atoms with Crippen LogP contribution in [0.3, 0.4) is 0 Å². The first-order valence-electron chi connectivity index (χ1n) is 21.6. The van der Waals surface area contributed by atoms with Crippen LogP contribution in [0.2, 0.25) is 0 Å². The van der Waals surface area contributed by atoms with E-state index < -0.39 is 71.5 Å². The van der Waals surface area contributed by atoms with Crippen LogP contribution in [0, 0.1) is 23.7 Å². The molecule has 6 rings (SSSR count). The van der Waals surface area contributed by atoms with Crippen molar-refractivity contribution in [2.24, 2.45) is 28.7 Å². The zero-order valence-corrected chi connectivity index (χ0v) is 37.3. The minimum Gasteiger partial charge on any atom is -0.497 e. The number of rotatable bonds is 10. The van der Waals surface area contributed by atoms with Crippen molar-refractivity contribution in [3.8, 4) is 5.75 Å². The molecule has 1 unspecified atom stereocenters. The van der Waals surface area contributed by atoms with Crippen molar-refractivity contribution in [2.75, 3.05) is 40.9 Å². The number of aliphatic hydroxyl groups excluding tert-OH is 1. The number of ether oxygens (including phenoxy) is 6. The van der Waals surface area contributed by atoms with E-state index in [0.717, 1.165) is 27.9 Å². The summed E-state index contributed by atoms with van der Waals surface area (Å²) in [6, 6.07) is 6.99. The highest BCUT2D eigenvalue weighted by Gasteiger charge is 2.60. The second kappa shape index (κ2) is 18.6. The lowest BCUT2D eigenvalue weighted by atomic mass is 9.73. The van der Waals surface area contributed by atoms with Crippen molar-refractivity contribution in [2.45, 2.75) is 135 Å². The minimum absolute atomic E-state index is 0.125. The largest absolute Gasteiger partial charge is 0.497 e. The molecule has 14 heteroatoms. The monoisotopic (exact) mass is 834 g/mol. The predicted molar refractivity (Wildman–Crippen MR) is 228 cm³/mol. The maximum atomic E-state index is 14.7. The summed E-state index contributed by atoms with van der Waals surface area (Å²) in [5.74, 6) is -3.03. The van der Waals surface area contributed by atoms with Gasteiger partial charge in [-0.1, -0.05) is 46.3 Å². The molecular formula is C46H66N4O10. The summed E-state index contributed by atoms with van der Waals surface area (Å²) in [6.07, 6.45) is 2.96. The Bertz CT molecular complexity index is 1940. The van der Waals surface area contributed by atoms with Crippen LogP contribution >= 0.6 is 0 Å². The molecule has 1 aromatic heterocycles. The summed E-state index contributed by atoms with van der Waals surface area (Å²) < 4.78 is 38.0. The average Bonchev–Trinajstić information content (AvgIpc) is 3.34. The molecule has 2 aromatic rings. The lowest BCUT2D eigenvalue weighted by Gasteiger charge is -2.47. The third kappa shape index (κ3) is 9.13. The molecule has 60 heavy (non-hydrogen) atoms. The number of ketones is 1. The number of cyclic esters (lactones) is 1. The number of amides is 1. The van der Waals surface area contributed by atoms with Crippen LogP contribution in [0.4, 0.5) is 4.79 Å². The van der Waals surface area contributed by atoms with Gasteiger partial charge in [0.2, 0.25) is 0 Å². The van der Waals surface area contributed by atoms with Gasteiger partial charge in [0.05, 0.1) is 49.6 Å². The van der Waals surface area contributed by atoms with Crippen LogP contribution in [0.25, 0.3) is 17.0 Å². The standard InChI is InChI=1S/C46H66N4O10/c1-12-14-36-46(8)40-28(4)37(47-18-19-50(40)44(54)60-46)26(2)24-45(7,56-20-13-15-31-22-32-23-33(55-11)16-17-34(32)48-25-31)41(29(5)38(51)30(6)42(53)58-36)59-43-39(52)35(49(9)10)21-27(3)57-43/h13,15-17,22-23,25-30,35-36,39-41,43,52H,12,14,18-21,24H2,1-11H3/b15-13+/t26-,27+,28-,29+,30-,35-,36+,39?,40-,41-,43-,45+,46-/m1/s1. The minimum atomic E-state index is -1.22. The quantitative estimate of drug-likeness (QED) is 0.217. The number of carbonyl (C=O) groups excluding carboxylic acids is 3. The van der Waals surface area contributed by atoms with Crippen molar-refractivity contribution >= 4 is 40.5 Å². The first-order chi connectivity index (χ1) is 28.4. The number of methoxy groups -OCH3 is 1. The summed E-state index contributed by atoms with van der Waals surface area (Å²) in [5.41, 5.74) is 0.157. The number of benzene rings is 1. The van der Waals surface area contributed by atoms with Gasteiger partial charge in [0.1, 0.15) is 23.9 Å². The molecule has 5 heterocycles. The third-order valence-corrected chi connectivity index (χ3v) is 13.3. The van der Waals surface area contributed by atoms with Gasteiger partial charge in [-0.15, -0.1) is 0 Å². The molecule has 3 fully saturated rings. The van der Waals surface area contributed by atoms with E-state index in [2.05, 4.69) is 18.8 Å². The third-order valence-electron chi connectivity index (χ3n) is 13.3. The molecule has 0 saturated carbocycles. The van der Waals surface area contributed by atoms with Crippen LogP contribution in [-0.2, 0) is 33.3 Å². The van der Waals surface area contributed by atoms with Gasteiger partial charge in [-0.05, 0) is 96.8 Å². The van der Waals surface area contributed by atoms with Crippen LogP contribution < -0.4 is 4.74 Å². The van der Waals surface area contributed by atoms with E-state index in [4.69, 9.17) is 33.4 Å². The molecule has 4 aliphatic rings. The zero-order valence-electron chi connectivity index (χ0n) is 37.3. The Labute approximate surface area is 354 Å². The van der Waals surface area contributed by atoms with Crippen molar-refractivity contribution in [1.82, 2.24) is 14.8 Å². The van der Waals surface area contributed by atoms with Crippen molar-refractivity contribution in [1.29, 1.82) is 0 Å². The molecule has 4 aliphatic heterocycles. The number of pyridine rings is 1. The van der Waals surface area contributed by atoms with Gasteiger partial charge < -0.3 is 38.4 Å². The highest BCUT2D eigenvalue weighted by atomic mass is 16.7. The lowest BCUT2D eigenvalue weighted by Crippen LogP contribution is -2.60. The van der Waals surface area contributed by atoms with E-state index in [9.17, 15) is 19.5 Å². The van der Waals surface area contributed by atoms with Gasteiger partial charge >= 0.3 is 12.1 Å². The Balaban J connectivity index is 1.42. The molecule has 13 atom stereocenters. The molecule has 1 aromatic carbocycles. The summed E-state index contributed by atoms with van der Waals surface area (Å²) in [6.45, 7) is 16.0. The van der Waals surface area contributed by atoms with E-state index in [1.165, 1.54) is 0 Å². The number of hydrogen-bond donors (Lipinski definition) is 1. The van der Waals surface area contributed by atoms with E-state index >= 15 is 0 Å². The number of Topliss-reactive ketones (excluding diaryl/α,β-unsaturated/α-hetero) is 1. The first-order valence-corrected chi connectivity index (χ1v) is 21.6. The SMILES string of the molecule is CCC[C@@H]1OC(=O)[C@H](C)C(=O)[C@H](C)[C@@H](O[C@H]2O[C@@H](C)C[C@@H](N(C)C)C2O)[C@@](C)(OC/C=C/c2cnc3ccc(OC)cc3c2)C[C@@H](C)C2=NCCN3C(=O)O[C@@]1(C)[C@H]3[C@@H]2C. The number of hydrogen-bond acceptors (Lipinski definition) is 13. The Morgan fingerprint density at radius 2 is 1.82 bits per heavy atom. The first kappa shape index (κ1) is 45.6. The van der Waals surface area contributed by atoms with Gasteiger partial charge in [0.15, 0.2) is 17.7 Å². The van der Waals surface area contributed by atoms with Crippen LogP contribution in [0.5, 0.6) is 5.75 Å². The van der Waals surface area contributed by atoms with Crippen molar-refractivity contribution in [3.05, 3.63) is 42.1 Å². The molecular weight excluding hydrogens is 769 g/mol. The van der Waals surface area contributed by atoms with E-state index in [-0.39, 0.29) is 30.6 Å². The Morgan fingerprint density at radius 3 is 2.52 bits per heavy atom. The smallest absolute Gasteiger partial charge is 0.410 e. The number of aliphatic imine (C=N–C) groups is 1. The van der Waals surface area contributed by atoms with Crippen LogP contribution in [-0.4, -0.2) is 138 Å². The summed E-state index contributed by atoms with van der Waals surface area (Å²) in [5, 5.41) is 12.7. The second-order valence-corrected chi connectivity index (χ2v) is 18.0. The van der Waals surface area contributed by atoms with Gasteiger partial charge in [-0.3, -0.25) is 24.5 Å². The molecule has 2 bridgehead atoms. The molecule has 0 aliphatic carbocycles. The average molecular weight is 835 g/mol. The number of aromatic nitrogens is 1. The lowest BCUT2D eigenvalue weighted by molar-refractivity contribution is -0.296. The fourth-order valence-corrected chi connectivity index (χ4v) is 10.1. The van der Waals surface area contributed by atoms with Gasteiger partial charge in [-0.25, -0.2) is 4.79 Å². The number of aliphatic hydroxyl groups is 1. The Kier molecular flexibility index (Phi) is 14.1. The number of likely N-dealkylation sites (N-methyl/N-ethyl adjacent to an activating group) is 1. The molecule has 14 nitrogen and oxygen atoms in total. The highest BCUT2D eigenvalue weighted by molar-refractivity contribution is 6.00. The van der Waals surface area contributed by atoms with Crippen LogP contribution in [0.15, 0.2) is 41.5 Å². The Morgan fingerprint density at radius 1 is 1.07 bits per heavy atom. The maximum Gasteiger partial charge on any atom is 0.410 e. The summed E-state index contributed by atoms with van der Waals surface area (Å²) >= 11 is 0. The summed E-state index contributed by atoms with van der Waals surface area (Å²) in [4.78, 5) is 55.8. The summed E-state index contributed by atoms with van der Waals surface area (Å²) in [7, 11) is 5.44. The molecule has 0 spiro atoms. The highest BCUT2D eigenvalue weighted by Crippen LogP contribution is 2.44. The van der Waals surface area contributed by atoms with Crippen molar-refractivity contribution in [3.63, 3.8) is 0 Å². The number of nitrogens with zero attached hydrogens (tertiary/aromatic N) is 4. The normalized spacial score (nSPS) is 36.8. The number of fused-ring (bicyclic) bond motifs is 2.